The van der Waals surface area contributed by atoms with Crippen LogP contribution in [0.3, 0.4) is 0 Å². The molecule has 5 nitrogen and oxygen atoms in total. The standard InChI is InChI=1S/C26H37NO4/c1-6-25(2)19-26(14-16-31-25,21-9-7-8-10-22(21)28-3)13-15-27-18-20-11-12-23(29-4)24(17-20)30-5/h7-12,17,27H,6,13-16,18-19H2,1-5H3/p+1/t25-,26+/m0/s1. The van der Waals surface area contributed by atoms with Crippen LogP contribution in [0.15, 0.2) is 42.5 Å². The van der Waals surface area contributed by atoms with Crippen LogP contribution in [0, 0.1) is 0 Å². The highest BCUT2D eigenvalue weighted by Crippen LogP contribution is 2.47. The molecule has 0 spiro atoms. The largest absolute Gasteiger partial charge is 0.496 e. The van der Waals surface area contributed by atoms with Crippen LogP contribution in [0.4, 0.5) is 0 Å². The van der Waals surface area contributed by atoms with Gasteiger partial charge in [-0.05, 0) is 50.5 Å². The van der Waals surface area contributed by atoms with Crippen molar-refractivity contribution in [3.8, 4) is 17.2 Å². The fourth-order valence-electron chi connectivity index (χ4n) is 4.89. The van der Waals surface area contributed by atoms with Crippen LogP contribution in [0.5, 0.6) is 17.2 Å². The molecule has 31 heavy (non-hydrogen) atoms. The normalized spacial score (nSPS) is 23.4. The van der Waals surface area contributed by atoms with Crippen LogP contribution >= 0.6 is 0 Å². The lowest BCUT2D eigenvalue weighted by Gasteiger charge is -2.46. The van der Waals surface area contributed by atoms with E-state index in [-0.39, 0.29) is 11.0 Å². The molecule has 2 atom stereocenters. The van der Waals surface area contributed by atoms with E-state index in [0.29, 0.717) is 0 Å². The summed E-state index contributed by atoms with van der Waals surface area (Å²) in [5.41, 5.74) is 2.51. The summed E-state index contributed by atoms with van der Waals surface area (Å²) in [6, 6.07) is 14.7. The van der Waals surface area contributed by atoms with Crippen LogP contribution in [0.25, 0.3) is 0 Å². The Kier molecular flexibility index (Phi) is 7.84. The van der Waals surface area contributed by atoms with Crippen LogP contribution in [0.1, 0.15) is 50.7 Å². The van der Waals surface area contributed by atoms with E-state index in [4.69, 9.17) is 18.9 Å². The molecular formula is C26H38NO4+. The second-order valence-electron chi connectivity index (χ2n) is 8.78. The number of para-hydroxylation sites is 1. The highest BCUT2D eigenvalue weighted by atomic mass is 16.5. The number of hydrogen-bond acceptors (Lipinski definition) is 4. The van der Waals surface area contributed by atoms with Gasteiger partial charge in [-0.25, -0.2) is 0 Å². The topological polar surface area (TPSA) is 53.5 Å². The van der Waals surface area contributed by atoms with Gasteiger partial charge in [-0.2, -0.15) is 0 Å². The van der Waals surface area contributed by atoms with Gasteiger partial charge in [0, 0.05) is 29.6 Å². The zero-order valence-electron chi connectivity index (χ0n) is 19.7. The summed E-state index contributed by atoms with van der Waals surface area (Å²) in [4.78, 5) is 0. The minimum absolute atomic E-state index is 0.0592. The van der Waals surface area contributed by atoms with Crippen molar-refractivity contribution >= 4 is 0 Å². The molecule has 0 aromatic heterocycles. The van der Waals surface area contributed by atoms with Crippen molar-refractivity contribution < 1.29 is 24.3 Å². The summed E-state index contributed by atoms with van der Waals surface area (Å²) in [6.07, 6.45) is 4.13. The molecule has 3 rings (SSSR count). The zero-order valence-corrected chi connectivity index (χ0v) is 19.7. The summed E-state index contributed by atoms with van der Waals surface area (Å²) < 4.78 is 22.8. The molecule has 1 aliphatic rings. The van der Waals surface area contributed by atoms with E-state index >= 15 is 0 Å². The lowest BCUT2D eigenvalue weighted by molar-refractivity contribution is -0.672. The van der Waals surface area contributed by atoms with Gasteiger partial charge in [0.25, 0.3) is 0 Å². The number of nitrogens with two attached hydrogens (primary N) is 1. The van der Waals surface area contributed by atoms with Gasteiger partial charge in [-0.1, -0.05) is 25.1 Å². The zero-order chi connectivity index (χ0) is 22.3. The molecule has 2 N–H and O–H groups in total. The average molecular weight is 429 g/mol. The predicted molar refractivity (Wildman–Crippen MR) is 123 cm³/mol. The van der Waals surface area contributed by atoms with Gasteiger partial charge in [0.2, 0.25) is 0 Å². The Morgan fingerprint density at radius 3 is 2.42 bits per heavy atom. The van der Waals surface area contributed by atoms with Gasteiger partial charge < -0.3 is 24.3 Å². The molecule has 1 fully saturated rings. The SMILES string of the molecule is CC[C@@]1(C)C[C@](CC[NH2+]Cc2ccc(OC)c(OC)c2)(c2ccccc2OC)CCO1. The van der Waals surface area contributed by atoms with Gasteiger partial charge in [0.05, 0.1) is 33.5 Å². The van der Waals surface area contributed by atoms with Gasteiger partial charge in [-0.15, -0.1) is 0 Å². The summed E-state index contributed by atoms with van der Waals surface area (Å²) in [6.45, 7) is 7.21. The molecule has 0 saturated carbocycles. The van der Waals surface area contributed by atoms with Crippen molar-refractivity contribution in [2.75, 3.05) is 34.5 Å². The van der Waals surface area contributed by atoms with Crippen molar-refractivity contribution in [3.63, 3.8) is 0 Å². The van der Waals surface area contributed by atoms with Crippen molar-refractivity contribution in [2.24, 2.45) is 0 Å². The first-order chi connectivity index (χ1) is 15.0. The van der Waals surface area contributed by atoms with E-state index in [1.165, 1.54) is 11.1 Å². The predicted octanol–water partition coefficient (Wildman–Crippen LogP) is 4.08. The molecule has 1 heterocycles. The Morgan fingerprint density at radius 1 is 0.968 bits per heavy atom. The molecule has 0 aliphatic carbocycles. The van der Waals surface area contributed by atoms with Crippen LogP contribution < -0.4 is 19.5 Å². The molecule has 0 bridgehead atoms. The van der Waals surface area contributed by atoms with E-state index in [0.717, 1.165) is 62.6 Å². The number of hydrogen-bond donors (Lipinski definition) is 1. The van der Waals surface area contributed by atoms with Crippen LogP contribution in [-0.4, -0.2) is 40.1 Å². The average Bonchev–Trinajstić information content (AvgIpc) is 2.81. The Hall–Kier alpha value is -2.24. The first kappa shape index (κ1) is 23.4. The van der Waals surface area contributed by atoms with E-state index in [9.17, 15) is 0 Å². The maximum Gasteiger partial charge on any atom is 0.161 e. The maximum absolute atomic E-state index is 6.21. The number of benzene rings is 2. The fourth-order valence-corrected chi connectivity index (χ4v) is 4.89. The molecule has 0 amide bonds. The molecule has 170 valence electrons. The Bertz CT molecular complexity index is 855. The molecular weight excluding hydrogens is 390 g/mol. The third-order valence-electron chi connectivity index (χ3n) is 6.82. The minimum atomic E-state index is -0.0948. The van der Waals surface area contributed by atoms with Crippen molar-refractivity contribution in [3.05, 3.63) is 53.6 Å². The summed E-state index contributed by atoms with van der Waals surface area (Å²) in [7, 11) is 5.12. The minimum Gasteiger partial charge on any atom is -0.496 e. The molecule has 1 aliphatic heterocycles. The van der Waals surface area contributed by atoms with E-state index in [1.54, 1.807) is 21.3 Å². The molecule has 5 heteroatoms. The second kappa shape index (κ2) is 10.4. The number of quaternary nitrogens is 1. The van der Waals surface area contributed by atoms with Gasteiger partial charge in [-0.3, -0.25) is 0 Å². The Balaban J connectivity index is 1.74. The van der Waals surface area contributed by atoms with Crippen molar-refractivity contribution in [2.45, 2.75) is 57.1 Å². The van der Waals surface area contributed by atoms with Crippen molar-refractivity contribution in [1.29, 1.82) is 0 Å². The summed E-state index contributed by atoms with van der Waals surface area (Å²) in [5, 5.41) is 2.39. The lowest BCUT2D eigenvalue weighted by atomic mass is 9.66. The van der Waals surface area contributed by atoms with Gasteiger partial charge in [0.15, 0.2) is 11.5 Å². The monoisotopic (exact) mass is 428 g/mol. The van der Waals surface area contributed by atoms with E-state index in [2.05, 4.69) is 55.6 Å². The molecule has 2 aromatic carbocycles. The maximum atomic E-state index is 6.21. The molecule has 2 aromatic rings. The highest BCUT2D eigenvalue weighted by molar-refractivity contribution is 5.43. The van der Waals surface area contributed by atoms with Gasteiger partial charge >= 0.3 is 0 Å². The van der Waals surface area contributed by atoms with E-state index < -0.39 is 0 Å². The first-order valence-electron chi connectivity index (χ1n) is 11.3. The number of rotatable bonds is 10. The summed E-state index contributed by atoms with van der Waals surface area (Å²) >= 11 is 0. The Morgan fingerprint density at radius 2 is 1.71 bits per heavy atom. The van der Waals surface area contributed by atoms with Gasteiger partial charge in [0.1, 0.15) is 12.3 Å². The first-order valence-corrected chi connectivity index (χ1v) is 11.3. The molecule has 0 radical (unpaired) electrons. The third-order valence-corrected chi connectivity index (χ3v) is 6.82. The number of methoxy groups -OCH3 is 3. The van der Waals surface area contributed by atoms with Crippen LogP contribution in [0.2, 0.25) is 0 Å². The second-order valence-corrected chi connectivity index (χ2v) is 8.78. The van der Waals surface area contributed by atoms with Crippen LogP contribution in [-0.2, 0) is 16.7 Å². The molecule has 1 saturated heterocycles. The van der Waals surface area contributed by atoms with E-state index in [1.807, 2.05) is 6.07 Å². The Labute approximate surface area is 187 Å². The van der Waals surface area contributed by atoms with Crippen molar-refractivity contribution in [1.82, 2.24) is 0 Å². The lowest BCUT2D eigenvalue weighted by Crippen LogP contribution is -2.83. The third kappa shape index (κ3) is 5.34. The quantitative estimate of drug-likeness (QED) is 0.580. The number of ether oxygens (including phenoxy) is 4. The smallest absolute Gasteiger partial charge is 0.161 e. The molecule has 0 unspecified atom stereocenters. The highest BCUT2D eigenvalue weighted by Gasteiger charge is 2.44. The summed E-state index contributed by atoms with van der Waals surface area (Å²) in [5.74, 6) is 2.53. The fraction of sp³-hybridized carbons (Fsp3) is 0.538.